The minimum atomic E-state index is -3.40. The summed E-state index contributed by atoms with van der Waals surface area (Å²) in [7, 11) is -6.77. The Labute approximate surface area is 122 Å². The summed E-state index contributed by atoms with van der Waals surface area (Å²) in [6, 6.07) is 0. The molecule has 1 fully saturated rings. The maximum atomic E-state index is 12.2. The number of likely N-dealkylation sites (tertiary alicyclic amines) is 1. The highest BCUT2D eigenvalue weighted by Gasteiger charge is 2.30. The van der Waals surface area contributed by atoms with E-state index in [1.807, 2.05) is 0 Å². The van der Waals surface area contributed by atoms with Crippen LogP contribution in [0.5, 0.6) is 0 Å². The molecule has 0 radical (unpaired) electrons. The Hall–Kier alpha value is 0.0600. The van der Waals surface area contributed by atoms with Gasteiger partial charge in [-0.2, -0.15) is 0 Å². The number of hydrogen-bond donors (Lipinski definition) is 2. The molecule has 8 heteroatoms. The van der Waals surface area contributed by atoms with Gasteiger partial charge in [0, 0.05) is 19.3 Å². The standard InChI is InChI=1S/C12H27N2O4PS/c1-3-14(4-2)20(17,18)11-10-19(15,16)12-13-8-6-5-7-9-13/h3-12H2,1-2H3,(H,15,16)/p+1. The van der Waals surface area contributed by atoms with E-state index in [9.17, 15) is 17.9 Å². The van der Waals surface area contributed by atoms with E-state index >= 15 is 0 Å². The van der Waals surface area contributed by atoms with E-state index in [1.54, 1.807) is 13.8 Å². The van der Waals surface area contributed by atoms with E-state index in [4.69, 9.17) is 0 Å². The van der Waals surface area contributed by atoms with Crippen molar-refractivity contribution in [1.82, 2.24) is 4.31 Å². The molecule has 2 N–H and O–H groups in total. The van der Waals surface area contributed by atoms with Gasteiger partial charge >= 0.3 is 0 Å². The van der Waals surface area contributed by atoms with Crippen LogP contribution in [0.2, 0.25) is 0 Å². The largest absolute Gasteiger partial charge is 0.340 e. The van der Waals surface area contributed by atoms with Crippen LogP contribution in [-0.2, 0) is 14.6 Å². The zero-order valence-corrected chi connectivity index (χ0v) is 14.3. The minimum Gasteiger partial charge on any atom is -0.340 e. The number of hydrogen-bond acceptors (Lipinski definition) is 3. The van der Waals surface area contributed by atoms with E-state index in [-0.39, 0.29) is 18.2 Å². The number of nitrogens with zero attached hydrogens (tertiary/aromatic N) is 1. The Balaban J connectivity index is 2.51. The highest BCUT2D eigenvalue weighted by molar-refractivity contribution is 7.89. The summed E-state index contributed by atoms with van der Waals surface area (Å²) in [5.74, 6) is -0.226. The van der Waals surface area contributed by atoms with Crippen LogP contribution in [0.25, 0.3) is 0 Å². The fraction of sp³-hybridized carbons (Fsp3) is 1.00. The van der Waals surface area contributed by atoms with Crippen molar-refractivity contribution in [3.05, 3.63) is 0 Å². The van der Waals surface area contributed by atoms with Gasteiger partial charge in [-0.05, 0) is 19.3 Å². The van der Waals surface area contributed by atoms with Crippen LogP contribution in [0.1, 0.15) is 33.1 Å². The fourth-order valence-corrected chi connectivity index (χ4v) is 6.92. The summed E-state index contributed by atoms with van der Waals surface area (Å²) in [6.07, 6.45) is 3.45. The Morgan fingerprint density at radius 2 is 1.70 bits per heavy atom. The van der Waals surface area contributed by atoms with Gasteiger partial charge in [0.1, 0.15) is 0 Å². The van der Waals surface area contributed by atoms with Gasteiger partial charge in [0.25, 0.3) is 7.37 Å². The third kappa shape index (κ3) is 5.82. The number of piperidine rings is 1. The van der Waals surface area contributed by atoms with Crippen molar-refractivity contribution in [1.29, 1.82) is 0 Å². The van der Waals surface area contributed by atoms with Crippen molar-refractivity contribution in [2.24, 2.45) is 0 Å². The molecule has 0 spiro atoms. The third-order valence-electron chi connectivity index (χ3n) is 3.83. The molecule has 0 bridgehead atoms. The van der Waals surface area contributed by atoms with Crippen molar-refractivity contribution in [2.75, 3.05) is 44.4 Å². The van der Waals surface area contributed by atoms with E-state index < -0.39 is 17.4 Å². The molecule has 1 heterocycles. The van der Waals surface area contributed by atoms with Gasteiger partial charge in [-0.3, -0.25) is 4.57 Å². The highest BCUT2D eigenvalue weighted by Crippen LogP contribution is 2.38. The van der Waals surface area contributed by atoms with E-state index in [0.717, 1.165) is 30.8 Å². The molecule has 120 valence electrons. The predicted octanol–water partition coefficient (Wildman–Crippen LogP) is -0.0453. The van der Waals surface area contributed by atoms with Gasteiger partial charge in [-0.1, -0.05) is 13.8 Å². The number of quaternary nitrogens is 1. The molecule has 1 unspecified atom stereocenters. The van der Waals surface area contributed by atoms with Gasteiger partial charge < -0.3 is 9.79 Å². The van der Waals surface area contributed by atoms with Gasteiger partial charge in [-0.15, -0.1) is 0 Å². The molecule has 0 aromatic heterocycles. The van der Waals surface area contributed by atoms with Crippen LogP contribution in [0.4, 0.5) is 0 Å². The van der Waals surface area contributed by atoms with E-state index in [0.29, 0.717) is 13.1 Å². The molecule has 1 saturated heterocycles. The summed E-state index contributed by atoms with van der Waals surface area (Å²) >= 11 is 0. The SMILES string of the molecule is CCN(CC)S(=O)(=O)CCP(=O)(O)C[NH+]1CCCCC1. The van der Waals surface area contributed by atoms with Crippen molar-refractivity contribution in [3.63, 3.8) is 0 Å². The molecule has 1 aliphatic rings. The first-order valence-electron chi connectivity index (χ1n) is 7.43. The second-order valence-corrected chi connectivity index (χ2v) is 9.98. The Kier molecular flexibility index (Phi) is 7.15. The summed E-state index contributed by atoms with van der Waals surface area (Å²) in [4.78, 5) is 11.2. The molecule has 0 aromatic carbocycles. The smallest absolute Gasteiger partial charge is 0.254 e. The Morgan fingerprint density at radius 3 is 2.20 bits per heavy atom. The second-order valence-electron chi connectivity index (χ2n) is 5.44. The van der Waals surface area contributed by atoms with E-state index in [1.165, 1.54) is 10.7 Å². The van der Waals surface area contributed by atoms with Crippen molar-refractivity contribution < 1.29 is 22.8 Å². The molecular formula is C12H28N2O4PS+. The topological polar surface area (TPSA) is 79.1 Å². The molecule has 1 atom stereocenters. The summed E-state index contributed by atoms with van der Waals surface area (Å²) in [6.45, 7) is 6.22. The maximum Gasteiger partial charge on any atom is 0.254 e. The molecule has 0 saturated carbocycles. The number of sulfonamides is 1. The molecule has 0 aromatic rings. The lowest BCUT2D eigenvalue weighted by Crippen LogP contribution is -3.12. The average Bonchev–Trinajstić information content (AvgIpc) is 2.38. The summed E-state index contributed by atoms with van der Waals surface area (Å²) < 4.78 is 37.6. The highest BCUT2D eigenvalue weighted by atomic mass is 32.2. The Morgan fingerprint density at radius 1 is 1.15 bits per heavy atom. The average molecular weight is 327 g/mol. The minimum absolute atomic E-state index is 0.130. The van der Waals surface area contributed by atoms with Gasteiger partial charge in [0.05, 0.1) is 18.8 Å². The normalized spacial score (nSPS) is 21.0. The zero-order chi connectivity index (χ0) is 15.2. The van der Waals surface area contributed by atoms with Crippen LogP contribution in [0.3, 0.4) is 0 Å². The monoisotopic (exact) mass is 327 g/mol. The van der Waals surface area contributed by atoms with Crippen LogP contribution >= 0.6 is 7.37 Å². The summed E-state index contributed by atoms with van der Waals surface area (Å²) in [5, 5.41) is 0. The van der Waals surface area contributed by atoms with Crippen LogP contribution in [0, 0.1) is 0 Å². The second kappa shape index (κ2) is 7.90. The number of rotatable bonds is 8. The lowest BCUT2D eigenvalue weighted by atomic mass is 10.1. The van der Waals surface area contributed by atoms with Gasteiger partial charge in [0.15, 0.2) is 6.29 Å². The van der Waals surface area contributed by atoms with Gasteiger partial charge in [-0.25, -0.2) is 12.7 Å². The fourth-order valence-electron chi connectivity index (χ4n) is 2.64. The van der Waals surface area contributed by atoms with Crippen LogP contribution in [-0.4, -0.2) is 62.0 Å². The first-order valence-corrected chi connectivity index (χ1v) is 11.1. The first kappa shape index (κ1) is 18.1. The molecule has 0 aliphatic carbocycles. The van der Waals surface area contributed by atoms with Crippen molar-refractivity contribution in [2.45, 2.75) is 33.1 Å². The maximum absolute atomic E-state index is 12.2. The summed E-state index contributed by atoms with van der Waals surface area (Å²) in [5.41, 5.74) is 0. The van der Waals surface area contributed by atoms with Crippen LogP contribution in [0.15, 0.2) is 0 Å². The predicted molar refractivity (Wildman–Crippen MR) is 80.8 cm³/mol. The molecule has 0 amide bonds. The van der Waals surface area contributed by atoms with Gasteiger partial charge in [0.2, 0.25) is 10.0 Å². The molecule has 6 nitrogen and oxygen atoms in total. The zero-order valence-electron chi connectivity index (χ0n) is 12.5. The molecule has 20 heavy (non-hydrogen) atoms. The lowest BCUT2D eigenvalue weighted by molar-refractivity contribution is -0.893. The quantitative estimate of drug-likeness (QED) is 0.613. The van der Waals surface area contributed by atoms with E-state index in [2.05, 4.69) is 0 Å². The molecular weight excluding hydrogens is 299 g/mol. The Bertz CT molecular complexity index is 431. The first-order chi connectivity index (χ1) is 9.30. The van der Waals surface area contributed by atoms with Crippen LogP contribution < -0.4 is 4.90 Å². The molecule has 1 aliphatic heterocycles. The van der Waals surface area contributed by atoms with Crippen molar-refractivity contribution >= 4 is 17.4 Å². The third-order valence-corrected chi connectivity index (χ3v) is 8.02. The van der Waals surface area contributed by atoms with Crippen molar-refractivity contribution in [3.8, 4) is 0 Å². The number of nitrogens with one attached hydrogen (secondary N) is 1. The molecule has 1 rings (SSSR count). The lowest BCUT2D eigenvalue weighted by Gasteiger charge is -2.26.